The molecule has 7 rings (SSSR count). The zero-order valence-corrected chi connectivity index (χ0v) is 54.5. The van der Waals surface area contributed by atoms with Gasteiger partial charge in [-0.05, 0) is 59.4 Å². The lowest BCUT2D eigenvalue weighted by Crippen LogP contribution is -2.56. The summed E-state index contributed by atoms with van der Waals surface area (Å²) in [7, 11) is 0. The van der Waals surface area contributed by atoms with Gasteiger partial charge in [-0.15, -0.1) is 11.8 Å². The number of para-hydroxylation sites is 1. The molecule has 5 heterocycles. The number of carbonyl (C=O) groups is 14. The Hall–Kier alpha value is -8.67. The number of imide groups is 1. The van der Waals surface area contributed by atoms with E-state index < -0.39 is 200 Å². The lowest BCUT2D eigenvalue weighted by molar-refractivity contribution is -0.147. The minimum absolute atomic E-state index is 0.133. The monoisotopic (exact) mass is 1320 g/mol. The summed E-state index contributed by atoms with van der Waals surface area (Å²) in [6.07, 6.45) is -1.59. The number of hydroxylamine groups is 1. The topological polar surface area (TPSA) is 407 Å². The number of hydrogen-bond donors (Lipinski definition) is 11. The Balaban J connectivity index is 1.11. The van der Waals surface area contributed by atoms with E-state index in [9.17, 15) is 72.5 Å². The maximum Gasteiger partial charge on any atom is 0.253 e. The highest BCUT2D eigenvalue weighted by molar-refractivity contribution is 7.99. The number of anilines is 1. The zero-order valence-electron chi connectivity index (χ0n) is 53.7. The third-order valence-electron chi connectivity index (χ3n) is 17.7. The number of thioether (sulfide) groups is 1. The summed E-state index contributed by atoms with van der Waals surface area (Å²) < 4.78 is 0. The number of nitrogens with one attached hydrogen (secondary N) is 9. The first-order valence-electron chi connectivity index (χ1n) is 31.6. The van der Waals surface area contributed by atoms with Crippen LogP contribution in [0.5, 0.6) is 0 Å². The average molecular weight is 1320 g/mol. The smallest absolute Gasteiger partial charge is 0.253 e. The highest BCUT2D eigenvalue weighted by Gasteiger charge is 2.45. The second kappa shape index (κ2) is 33.4. The second-order valence-electron chi connectivity index (χ2n) is 25.1. The molecule has 0 saturated carbocycles. The summed E-state index contributed by atoms with van der Waals surface area (Å²) >= 11 is 1.08. The fourth-order valence-corrected chi connectivity index (χ4v) is 12.8. The molecule has 12 atom stereocenters. The molecular weight excluding hydrogens is 1240 g/mol. The van der Waals surface area contributed by atoms with Crippen LogP contribution in [0.25, 0.3) is 10.9 Å². The van der Waals surface area contributed by atoms with Gasteiger partial charge in [0.05, 0.1) is 54.9 Å². The fraction of sp³-hybridized carbons (Fsp3) is 0.538. The van der Waals surface area contributed by atoms with Crippen LogP contribution in [0.15, 0.2) is 65.7 Å². The predicted octanol–water partition coefficient (Wildman–Crippen LogP) is 0.568. The fourth-order valence-electron chi connectivity index (χ4n) is 11.6. The zero-order chi connectivity index (χ0) is 68.7. The molecule has 11 amide bonds. The van der Waals surface area contributed by atoms with E-state index in [4.69, 9.17) is 4.84 Å². The molecule has 2 bridgehead atoms. The number of rotatable bonds is 20. The van der Waals surface area contributed by atoms with Crippen LogP contribution in [0, 0.1) is 41.4 Å². The Kier molecular flexibility index (Phi) is 25.9. The van der Waals surface area contributed by atoms with E-state index in [2.05, 4.69) is 47.7 Å². The van der Waals surface area contributed by atoms with Gasteiger partial charge in [0.1, 0.15) is 12.1 Å². The number of hydrogen-bond acceptors (Lipinski definition) is 18. The molecule has 4 aliphatic heterocycles. The number of benzene rings is 2. The summed E-state index contributed by atoms with van der Waals surface area (Å²) in [5.74, 6) is -15.8. The van der Waals surface area contributed by atoms with Gasteiger partial charge < -0.3 is 57.3 Å². The van der Waals surface area contributed by atoms with Crippen LogP contribution < -0.4 is 42.7 Å². The number of aliphatic hydroxyl groups is 2. The van der Waals surface area contributed by atoms with Crippen molar-refractivity contribution in [3.63, 3.8) is 0 Å². The highest BCUT2D eigenvalue weighted by atomic mass is 32.2. The number of aliphatic hydroxyl groups excluding tert-OH is 2. The van der Waals surface area contributed by atoms with Gasteiger partial charge in [0.2, 0.25) is 53.2 Å². The van der Waals surface area contributed by atoms with Gasteiger partial charge in [0.25, 0.3) is 11.8 Å². The van der Waals surface area contributed by atoms with Crippen LogP contribution in [0.2, 0.25) is 0 Å². The molecule has 0 radical (unpaired) electrons. The molecule has 28 nitrogen and oxygen atoms in total. The van der Waals surface area contributed by atoms with Gasteiger partial charge in [0, 0.05) is 105 Å². The Morgan fingerprint density at radius 1 is 0.766 bits per heavy atom. The van der Waals surface area contributed by atoms with Crippen LogP contribution in [-0.4, -0.2) is 182 Å². The lowest BCUT2D eigenvalue weighted by atomic mass is 9.83. The van der Waals surface area contributed by atoms with E-state index in [0.29, 0.717) is 39.2 Å². The summed E-state index contributed by atoms with van der Waals surface area (Å²) in [6.45, 7) is 9.22. The van der Waals surface area contributed by atoms with E-state index in [1.807, 2.05) is 0 Å². The predicted molar refractivity (Wildman–Crippen MR) is 340 cm³/mol. The largest absolute Gasteiger partial charge is 0.396 e. The summed E-state index contributed by atoms with van der Waals surface area (Å²) in [6, 6.07) is 6.90. The van der Waals surface area contributed by atoms with Crippen LogP contribution in [0.4, 0.5) is 5.69 Å². The maximum atomic E-state index is 15.1. The quantitative estimate of drug-likeness (QED) is 0.0544. The normalized spacial score (nSPS) is 23.8. The van der Waals surface area contributed by atoms with Crippen LogP contribution in [-0.2, 0) is 85.0 Å². The minimum Gasteiger partial charge on any atom is -0.396 e. The molecule has 1 aromatic heterocycles. The van der Waals surface area contributed by atoms with Gasteiger partial charge in [0.15, 0.2) is 17.3 Å². The molecule has 11 N–H and O–H groups in total. The third kappa shape index (κ3) is 19.2. The molecule has 94 heavy (non-hydrogen) atoms. The van der Waals surface area contributed by atoms with E-state index in [1.165, 1.54) is 0 Å². The van der Waals surface area contributed by atoms with Gasteiger partial charge >= 0.3 is 0 Å². The van der Waals surface area contributed by atoms with Crippen molar-refractivity contribution in [2.45, 2.75) is 148 Å². The SMILES string of the molecule is CC[C@H](C)[C@@H]1NC(=O)CNC(=O)C2CC(=O)[C@H]([C@@H](C)[C@@H](C)CO)NC(=O)[C@@H]3CC(O)CN3C(=O)[C@H](CC(=O)NOCc3ccc(NC(=O)[C@H](C)CC(=O)C(NC(=O)CCN4C(=O)C=CC4=O)C(C)C)cc3)CC(=O)C(CSc3[nH]c4ccccc4c3C2)NC(=O)CNC1=O. The molecule has 29 heteroatoms. The molecule has 3 aromatic rings. The van der Waals surface area contributed by atoms with E-state index in [1.54, 1.807) is 97.0 Å². The summed E-state index contributed by atoms with van der Waals surface area (Å²) in [5, 5.41) is 41.2. The number of aromatic nitrogens is 1. The number of carbonyl (C=O) groups excluding carboxylic acids is 14. The third-order valence-corrected chi connectivity index (χ3v) is 18.8. The Bertz CT molecular complexity index is 3390. The first-order chi connectivity index (χ1) is 44.7. The molecule has 1 saturated heterocycles. The lowest BCUT2D eigenvalue weighted by Gasteiger charge is -2.32. The van der Waals surface area contributed by atoms with Gasteiger partial charge in [-0.1, -0.05) is 85.2 Å². The summed E-state index contributed by atoms with van der Waals surface area (Å²) in [5.41, 5.74) is 4.27. The molecule has 508 valence electrons. The van der Waals surface area contributed by atoms with Gasteiger partial charge in [-0.3, -0.25) is 76.9 Å². The number of Topliss-reactive ketones (excluding diaryl/α,β-unsaturated/α-hetero) is 3. The average Bonchev–Trinajstić information content (AvgIpc) is 1.64. The van der Waals surface area contributed by atoms with Crippen LogP contribution in [0.3, 0.4) is 0 Å². The van der Waals surface area contributed by atoms with Crippen molar-refractivity contribution in [2.75, 3.05) is 43.9 Å². The summed E-state index contributed by atoms with van der Waals surface area (Å²) in [4.78, 5) is 204. The van der Waals surface area contributed by atoms with E-state index in [0.717, 1.165) is 33.7 Å². The Morgan fingerprint density at radius 3 is 2.11 bits per heavy atom. The minimum atomic E-state index is -1.59. The molecule has 0 aliphatic carbocycles. The maximum absolute atomic E-state index is 15.1. The Labute approximate surface area is 547 Å². The van der Waals surface area contributed by atoms with Crippen LogP contribution >= 0.6 is 11.8 Å². The molecule has 2 aromatic carbocycles. The first-order valence-corrected chi connectivity index (χ1v) is 32.6. The van der Waals surface area contributed by atoms with Gasteiger partial charge in [-0.2, -0.15) is 0 Å². The molecule has 4 aliphatic rings. The van der Waals surface area contributed by atoms with Crippen molar-refractivity contribution in [2.24, 2.45) is 41.4 Å². The standard InChI is InChI=1S/C65H85N11O17S/c1-8-34(4)58-63(91)67-27-53(84)69-46-32-94-64-44(43-11-9-10-12-45(43)70-64)22-39(61(89)66-28-54(85)72-58)23-50(81)59(37(7)36(6)30-77)73-62(90)47-26-42(78)29-76(47)65(92)40(24-48(46)79)25-52(83)74-93-31-38-13-15-41(16-14-38)68-60(88)35(5)21-49(80)57(33(2)3)71-51(82)19-20-75-55(86)17-18-56(75)87/h9-18,33-37,39-40,42,46-47,57-59,70,77-78H,8,19-32H2,1-7H3,(H,66,89)(H,67,91)(H,68,88)(H,69,84)(H,71,82)(H,72,85)(H,73,90)(H,74,83)/t34-,35+,36-,37-,39?,40-,42?,46?,47-,57?,58-,59-/m0/s1. The first kappa shape index (κ1) is 72.8. The number of H-pyrrole nitrogens is 1. The number of aromatic amines is 1. The van der Waals surface area contributed by atoms with Crippen LogP contribution in [0.1, 0.15) is 105 Å². The second-order valence-corrected chi connectivity index (χ2v) is 26.1. The molecule has 0 spiro atoms. The molecule has 4 unspecified atom stereocenters. The number of nitrogens with zero attached hydrogens (tertiary/aromatic N) is 2. The van der Waals surface area contributed by atoms with E-state index >= 15 is 4.79 Å². The van der Waals surface area contributed by atoms with Gasteiger partial charge in [-0.25, -0.2) is 5.48 Å². The Morgan fingerprint density at radius 2 is 1.44 bits per heavy atom. The van der Waals surface area contributed by atoms with Crippen molar-refractivity contribution >= 4 is 111 Å². The molecular formula is C65H85N11O17S. The van der Waals surface area contributed by atoms with E-state index in [-0.39, 0.29) is 50.5 Å². The molecule has 1 fully saturated rings. The van der Waals surface area contributed by atoms with Crippen molar-refractivity contribution < 1.29 is 82.2 Å². The highest BCUT2D eigenvalue weighted by Crippen LogP contribution is 2.35. The van der Waals surface area contributed by atoms with Crippen molar-refractivity contribution in [1.82, 2.24) is 52.2 Å². The number of fused-ring (bicyclic) bond motifs is 5. The van der Waals surface area contributed by atoms with Crippen molar-refractivity contribution in [3.05, 3.63) is 71.8 Å². The van der Waals surface area contributed by atoms with Crippen molar-refractivity contribution in [3.8, 4) is 0 Å². The van der Waals surface area contributed by atoms with Crippen molar-refractivity contribution in [1.29, 1.82) is 0 Å². The number of amides is 11. The number of ketones is 3.